The number of rotatable bonds is 6. The fourth-order valence-corrected chi connectivity index (χ4v) is 2.21. The van der Waals surface area contributed by atoms with Crippen molar-refractivity contribution in [1.29, 1.82) is 0 Å². The second-order valence-electron chi connectivity index (χ2n) is 5.85. The first-order valence-electron chi connectivity index (χ1n) is 7.66. The Labute approximate surface area is 126 Å². The third-order valence-corrected chi connectivity index (χ3v) is 3.90. The van der Waals surface area contributed by atoms with Gasteiger partial charge in [-0.15, -0.1) is 0 Å². The van der Waals surface area contributed by atoms with Crippen LogP contribution in [-0.4, -0.2) is 23.2 Å². The highest BCUT2D eigenvalue weighted by Crippen LogP contribution is 2.15. The van der Waals surface area contributed by atoms with Crippen LogP contribution in [0.5, 0.6) is 0 Å². The van der Waals surface area contributed by atoms with E-state index >= 15 is 0 Å². The molecule has 1 aromatic heterocycles. The highest BCUT2D eigenvalue weighted by molar-refractivity contribution is 5.79. The van der Waals surface area contributed by atoms with Crippen molar-refractivity contribution in [3.63, 3.8) is 0 Å². The van der Waals surface area contributed by atoms with Crippen molar-refractivity contribution < 1.29 is 4.79 Å². The van der Waals surface area contributed by atoms with Gasteiger partial charge in [-0.25, -0.2) is 4.79 Å². The second-order valence-corrected chi connectivity index (χ2v) is 5.85. The molecule has 0 bridgehead atoms. The van der Waals surface area contributed by atoms with Gasteiger partial charge >= 0.3 is 6.03 Å². The average molecular weight is 287 g/mol. The summed E-state index contributed by atoms with van der Waals surface area (Å²) in [5.41, 5.74) is 1.25. The van der Waals surface area contributed by atoms with E-state index in [1.165, 1.54) is 10.9 Å². The minimum Gasteiger partial charge on any atom is -0.347 e. The number of para-hydroxylation sites is 1. The Morgan fingerprint density at radius 3 is 2.71 bits per heavy atom. The molecule has 0 saturated heterocycles. The summed E-state index contributed by atoms with van der Waals surface area (Å²) >= 11 is 0. The van der Waals surface area contributed by atoms with Gasteiger partial charge in [0.25, 0.3) is 0 Å². The molecule has 1 aromatic carbocycles. The molecule has 1 atom stereocenters. The number of aromatic nitrogens is 1. The Bertz CT molecular complexity index is 588. The highest BCUT2D eigenvalue weighted by atomic mass is 16.2. The van der Waals surface area contributed by atoms with Gasteiger partial charge in [-0.2, -0.15) is 0 Å². The summed E-state index contributed by atoms with van der Waals surface area (Å²) < 4.78 is 2.23. The van der Waals surface area contributed by atoms with Crippen molar-refractivity contribution in [2.24, 2.45) is 5.92 Å². The molecule has 2 rings (SSSR count). The van der Waals surface area contributed by atoms with E-state index in [1.807, 2.05) is 6.92 Å². The molecule has 0 spiro atoms. The van der Waals surface area contributed by atoms with Gasteiger partial charge in [-0.3, -0.25) is 0 Å². The minimum absolute atomic E-state index is 0.0754. The van der Waals surface area contributed by atoms with E-state index in [9.17, 15) is 4.79 Å². The summed E-state index contributed by atoms with van der Waals surface area (Å²) in [5, 5.41) is 7.12. The second kappa shape index (κ2) is 7.16. The largest absolute Gasteiger partial charge is 0.347 e. The van der Waals surface area contributed by atoms with Crippen LogP contribution >= 0.6 is 0 Å². The van der Waals surface area contributed by atoms with Crippen LogP contribution < -0.4 is 10.6 Å². The first-order chi connectivity index (χ1) is 10.1. The zero-order chi connectivity index (χ0) is 15.2. The molecule has 0 saturated carbocycles. The van der Waals surface area contributed by atoms with Crippen molar-refractivity contribution in [3.8, 4) is 0 Å². The quantitative estimate of drug-likeness (QED) is 0.786. The standard InChI is InChI=1S/C17H25N3O/c1-13(2)14(3)19-17(21)18-10-6-11-20-12-9-15-7-4-5-8-16(15)20/h4-5,7-9,12-14H,6,10-11H2,1-3H3,(H2,18,19,21). The molecule has 0 radical (unpaired) electrons. The number of carbonyl (C=O) groups is 1. The predicted molar refractivity (Wildman–Crippen MR) is 87.4 cm³/mol. The Kier molecular flexibility index (Phi) is 5.26. The van der Waals surface area contributed by atoms with Crippen molar-refractivity contribution in [2.75, 3.05) is 6.54 Å². The van der Waals surface area contributed by atoms with Crippen LogP contribution in [0.4, 0.5) is 4.79 Å². The molecule has 0 aliphatic rings. The van der Waals surface area contributed by atoms with Gasteiger partial charge in [0.15, 0.2) is 0 Å². The summed E-state index contributed by atoms with van der Waals surface area (Å²) in [7, 11) is 0. The van der Waals surface area contributed by atoms with E-state index in [1.54, 1.807) is 0 Å². The van der Waals surface area contributed by atoms with Gasteiger partial charge in [-0.05, 0) is 36.8 Å². The molecular weight excluding hydrogens is 262 g/mol. The molecule has 2 N–H and O–H groups in total. The number of fused-ring (bicyclic) bond motifs is 1. The Morgan fingerprint density at radius 1 is 1.19 bits per heavy atom. The van der Waals surface area contributed by atoms with E-state index in [4.69, 9.17) is 0 Å². The number of amides is 2. The number of carbonyl (C=O) groups excluding carboxylic acids is 1. The first-order valence-corrected chi connectivity index (χ1v) is 7.66. The van der Waals surface area contributed by atoms with E-state index in [-0.39, 0.29) is 12.1 Å². The first kappa shape index (κ1) is 15.4. The summed E-state index contributed by atoms with van der Waals surface area (Å²) in [4.78, 5) is 11.7. The fourth-order valence-electron chi connectivity index (χ4n) is 2.21. The van der Waals surface area contributed by atoms with Crippen LogP contribution in [0.15, 0.2) is 36.5 Å². The van der Waals surface area contributed by atoms with Gasteiger partial charge < -0.3 is 15.2 Å². The maximum atomic E-state index is 11.7. The van der Waals surface area contributed by atoms with Crippen LogP contribution in [0.25, 0.3) is 10.9 Å². The highest BCUT2D eigenvalue weighted by Gasteiger charge is 2.09. The molecule has 1 unspecified atom stereocenters. The zero-order valence-electron chi connectivity index (χ0n) is 13.1. The van der Waals surface area contributed by atoms with Crippen molar-refractivity contribution >= 4 is 16.9 Å². The lowest BCUT2D eigenvalue weighted by Crippen LogP contribution is -2.43. The van der Waals surface area contributed by atoms with Gasteiger partial charge in [0.05, 0.1) is 0 Å². The summed E-state index contributed by atoms with van der Waals surface area (Å²) in [6, 6.07) is 10.6. The SMILES string of the molecule is CC(C)C(C)NC(=O)NCCCn1ccc2ccccc21. The van der Waals surface area contributed by atoms with E-state index in [0.29, 0.717) is 12.5 Å². The molecule has 0 fully saturated rings. The number of hydrogen-bond acceptors (Lipinski definition) is 1. The normalized spacial score (nSPS) is 12.6. The lowest BCUT2D eigenvalue weighted by Gasteiger charge is -2.17. The molecule has 114 valence electrons. The molecular formula is C17H25N3O. The van der Waals surface area contributed by atoms with Crippen molar-refractivity contribution in [2.45, 2.75) is 39.8 Å². The lowest BCUT2D eigenvalue weighted by atomic mass is 10.1. The van der Waals surface area contributed by atoms with E-state index in [2.05, 4.69) is 65.6 Å². The van der Waals surface area contributed by atoms with E-state index in [0.717, 1.165) is 13.0 Å². The number of hydrogen-bond donors (Lipinski definition) is 2. The number of urea groups is 1. The Morgan fingerprint density at radius 2 is 1.95 bits per heavy atom. The van der Waals surface area contributed by atoms with Crippen LogP contribution in [0, 0.1) is 5.92 Å². The Balaban J connectivity index is 1.74. The Hall–Kier alpha value is -1.97. The van der Waals surface area contributed by atoms with Gasteiger partial charge in [0, 0.05) is 30.8 Å². The van der Waals surface area contributed by atoms with Gasteiger partial charge in [0.1, 0.15) is 0 Å². The maximum Gasteiger partial charge on any atom is 0.315 e. The number of benzene rings is 1. The fraction of sp³-hybridized carbons (Fsp3) is 0.471. The predicted octanol–water partition coefficient (Wildman–Crippen LogP) is 3.38. The molecule has 1 heterocycles. The number of nitrogens with one attached hydrogen (secondary N) is 2. The summed E-state index contributed by atoms with van der Waals surface area (Å²) in [6.45, 7) is 7.82. The molecule has 21 heavy (non-hydrogen) atoms. The van der Waals surface area contributed by atoms with Crippen molar-refractivity contribution in [1.82, 2.24) is 15.2 Å². The summed E-state index contributed by atoms with van der Waals surface area (Å²) in [5.74, 6) is 0.446. The monoisotopic (exact) mass is 287 g/mol. The molecule has 4 heteroatoms. The smallest absolute Gasteiger partial charge is 0.315 e. The average Bonchev–Trinajstić information content (AvgIpc) is 2.87. The molecule has 4 nitrogen and oxygen atoms in total. The minimum atomic E-state index is -0.0754. The van der Waals surface area contributed by atoms with Crippen LogP contribution in [0.1, 0.15) is 27.2 Å². The molecule has 0 aliphatic heterocycles. The van der Waals surface area contributed by atoms with Gasteiger partial charge in [0.2, 0.25) is 0 Å². The summed E-state index contributed by atoms with van der Waals surface area (Å²) in [6.07, 6.45) is 3.02. The molecule has 2 amide bonds. The topological polar surface area (TPSA) is 46.1 Å². The maximum absolute atomic E-state index is 11.7. The zero-order valence-corrected chi connectivity index (χ0v) is 13.1. The van der Waals surface area contributed by atoms with Crippen molar-refractivity contribution in [3.05, 3.63) is 36.5 Å². The number of aryl methyl sites for hydroxylation is 1. The van der Waals surface area contributed by atoms with Crippen LogP contribution in [-0.2, 0) is 6.54 Å². The van der Waals surface area contributed by atoms with Crippen LogP contribution in [0.2, 0.25) is 0 Å². The lowest BCUT2D eigenvalue weighted by molar-refractivity contribution is 0.234. The van der Waals surface area contributed by atoms with E-state index < -0.39 is 0 Å². The third kappa shape index (κ3) is 4.25. The van der Waals surface area contributed by atoms with Gasteiger partial charge in [-0.1, -0.05) is 32.0 Å². The number of nitrogens with zero attached hydrogens (tertiary/aromatic N) is 1. The molecule has 0 aliphatic carbocycles. The molecule has 2 aromatic rings. The third-order valence-electron chi connectivity index (χ3n) is 3.90. The van der Waals surface area contributed by atoms with Crippen LogP contribution in [0.3, 0.4) is 0 Å².